The highest BCUT2D eigenvalue weighted by Gasteiger charge is 2.29. The Balaban J connectivity index is 2.65. The highest BCUT2D eigenvalue weighted by Crippen LogP contribution is 2.22. The Hall–Kier alpha value is -0.130. The lowest BCUT2D eigenvalue weighted by Gasteiger charge is -2.28. The van der Waals surface area contributed by atoms with Crippen molar-refractivity contribution in [2.24, 2.45) is 11.1 Å². The van der Waals surface area contributed by atoms with Crippen LogP contribution in [-0.2, 0) is 10.0 Å². The fraction of sp³-hybridized carbons (Fsp3) is 1.00. The number of nitrogens with one attached hydrogen (secondary N) is 1. The summed E-state index contributed by atoms with van der Waals surface area (Å²) in [6.07, 6.45) is 2.48. The number of sulfonamides is 1. The summed E-state index contributed by atoms with van der Waals surface area (Å²) in [4.78, 5) is 0. The zero-order valence-corrected chi connectivity index (χ0v) is 8.81. The monoisotopic (exact) mass is 206 g/mol. The quantitative estimate of drug-likeness (QED) is 0.685. The van der Waals surface area contributed by atoms with Gasteiger partial charge in [0.05, 0.1) is 5.25 Å². The second-order valence-electron chi connectivity index (χ2n) is 3.62. The minimum atomic E-state index is -3.34. The van der Waals surface area contributed by atoms with Crippen LogP contribution in [0.25, 0.3) is 0 Å². The lowest BCUT2D eigenvalue weighted by atomic mass is 9.93. The fourth-order valence-electron chi connectivity index (χ4n) is 2.05. The number of rotatable bonds is 3. The Bertz CT molecular complexity index is 245. The van der Waals surface area contributed by atoms with Gasteiger partial charge in [-0.05, 0) is 38.3 Å². The lowest BCUT2D eigenvalue weighted by Crippen LogP contribution is -2.40. The van der Waals surface area contributed by atoms with Crippen LogP contribution in [-0.4, -0.2) is 26.8 Å². The number of nitrogens with two attached hydrogens (primary N) is 1. The summed E-state index contributed by atoms with van der Waals surface area (Å²) in [7, 11) is -3.34. The third-order valence-electron chi connectivity index (χ3n) is 2.73. The van der Waals surface area contributed by atoms with E-state index in [2.05, 4.69) is 5.32 Å². The van der Waals surface area contributed by atoms with Crippen LogP contribution < -0.4 is 10.5 Å². The summed E-state index contributed by atoms with van der Waals surface area (Å²) < 4.78 is 22.4. The zero-order chi connectivity index (χ0) is 9.90. The number of primary sulfonamides is 1. The molecule has 0 aromatic carbocycles. The predicted molar refractivity (Wildman–Crippen MR) is 52.8 cm³/mol. The van der Waals surface area contributed by atoms with Gasteiger partial charge >= 0.3 is 0 Å². The van der Waals surface area contributed by atoms with Crippen LogP contribution in [0, 0.1) is 5.92 Å². The van der Waals surface area contributed by atoms with E-state index in [1.807, 2.05) is 6.92 Å². The molecule has 0 radical (unpaired) electrons. The highest BCUT2D eigenvalue weighted by atomic mass is 32.2. The van der Waals surface area contributed by atoms with Crippen molar-refractivity contribution < 1.29 is 8.42 Å². The number of hydrogen-bond acceptors (Lipinski definition) is 3. The molecule has 1 rings (SSSR count). The van der Waals surface area contributed by atoms with Crippen LogP contribution in [0.3, 0.4) is 0 Å². The maximum atomic E-state index is 11.2. The molecule has 4 nitrogen and oxygen atoms in total. The molecule has 1 aliphatic heterocycles. The van der Waals surface area contributed by atoms with Crippen LogP contribution in [0.4, 0.5) is 0 Å². The summed E-state index contributed by atoms with van der Waals surface area (Å²) in [5, 5.41) is 8.04. The SMILES string of the molecule is CCC(C1CCNCC1)S(N)(=O)=O. The first kappa shape index (κ1) is 10.9. The predicted octanol–water partition coefficient (Wildman–Crippen LogP) is 0.0531. The van der Waals surface area contributed by atoms with Gasteiger partial charge < -0.3 is 5.32 Å². The molecule has 1 heterocycles. The van der Waals surface area contributed by atoms with E-state index in [0.29, 0.717) is 6.42 Å². The molecule has 0 saturated carbocycles. The molecule has 0 spiro atoms. The lowest BCUT2D eigenvalue weighted by molar-refractivity contribution is 0.350. The molecule has 0 aromatic heterocycles. The summed E-state index contributed by atoms with van der Waals surface area (Å²) in [5.41, 5.74) is 0. The third-order valence-corrected chi connectivity index (χ3v) is 4.30. The van der Waals surface area contributed by atoms with Gasteiger partial charge in [0.15, 0.2) is 0 Å². The van der Waals surface area contributed by atoms with Crippen molar-refractivity contribution in [3.05, 3.63) is 0 Å². The maximum absolute atomic E-state index is 11.2. The van der Waals surface area contributed by atoms with Gasteiger partial charge in [-0.1, -0.05) is 6.92 Å². The van der Waals surface area contributed by atoms with E-state index >= 15 is 0 Å². The Morgan fingerprint density at radius 3 is 2.38 bits per heavy atom. The molecule has 1 atom stereocenters. The number of piperidine rings is 1. The van der Waals surface area contributed by atoms with Crippen molar-refractivity contribution >= 4 is 10.0 Å². The van der Waals surface area contributed by atoms with Crippen LogP contribution in [0.2, 0.25) is 0 Å². The summed E-state index contributed by atoms with van der Waals surface area (Å²) in [6.45, 7) is 3.71. The first-order chi connectivity index (χ1) is 6.05. The first-order valence-electron chi connectivity index (χ1n) is 4.78. The summed E-state index contributed by atoms with van der Waals surface area (Å²) in [5.74, 6) is 0.251. The Kier molecular flexibility index (Phi) is 3.70. The van der Waals surface area contributed by atoms with Crippen LogP contribution in [0.5, 0.6) is 0 Å². The van der Waals surface area contributed by atoms with Crippen molar-refractivity contribution in [2.75, 3.05) is 13.1 Å². The Morgan fingerprint density at radius 2 is 2.00 bits per heavy atom. The molecule has 0 aliphatic carbocycles. The molecule has 5 heteroatoms. The van der Waals surface area contributed by atoms with Crippen molar-refractivity contribution in [1.29, 1.82) is 0 Å². The molecule has 78 valence electrons. The molecule has 3 N–H and O–H groups in total. The maximum Gasteiger partial charge on any atom is 0.212 e. The van der Waals surface area contributed by atoms with Gasteiger partial charge in [0.25, 0.3) is 0 Å². The van der Waals surface area contributed by atoms with E-state index in [1.165, 1.54) is 0 Å². The van der Waals surface area contributed by atoms with Gasteiger partial charge in [0, 0.05) is 0 Å². The average Bonchev–Trinajstić information content (AvgIpc) is 2.05. The second kappa shape index (κ2) is 4.39. The average molecular weight is 206 g/mol. The second-order valence-corrected chi connectivity index (χ2v) is 5.41. The summed E-state index contributed by atoms with van der Waals surface area (Å²) in [6, 6.07) is 0. The van der Waals surface area contributed by atoms with Gasteiger partial charge in [-0.3, -0.25) is 0 Å². The van der Waals surface area contributed by atoms with Gasteiger partial charge in [0.1, 0.15) is 0 Å². The van der Waals surface area contributed by atoms with E-state index < -0.39 is 10.0 Å². The van der Waals surface area contributed by atoms with Crippen LogP contribution in [0.1, 0.15) is 26.2 Å². The molecule has 1 saturated heterocycles. The van der Waals surface area contributed by atoms with Gasteiger partial charge in [-0.25, -0.2) is 13.6 Å². The molecule has 13 heavy (non-hydrogen) atoms. The molecule has 0 aromatic rings. The normalized spacial score (nSPS) is 22.9. The largest absolute Gasteiger partial charge is 0.317 e. The highest BCUT2D eigenvalue weighted by molar-refractivity contribution is 7.89. The zero-order valence-electron chi connectivity index (χ0n) is 7.99. The fourth-order valence-corrected chi connectivity index (χ4v) is 3.32. The minimum Gasteiger partial charge on any atom is -0.317 e. The van der Waals surface area contributed by atoms with Crippen LogP contribution in [0.15, 0.2) is 0 Å². The molecular formula is C8H18N2O2S. The smallest absolute Gasteiger partial charge is 0.212 e. The molecular weight excluding hydrogens is 188 g/mol. The molecule has 1 aliphatic rings. The van der Waals surface area contributed by atoms with Gasteiger partial charge in [-0.15, -0.1) is 0 Å². The summed E-state index contributed by atoms with van der Waals surface area (Å²) >= 11 is 0. The topological polar surface area (TPSA) is 72.2 Å². The van der Waals surface area contributed by atoms with Crippen molar-refractivity contribution in [3.8, 4) is 0 Å². The van der Waals surface area contributed by atoms with E-state index in [0.717, 1.165) is 25.9 Å². The van der Waals surface area contributed by atoms with Crippen molar-refractivity contribution in [1.82, 2.24) is 5.32 Å². The third kappa shape index (κ3) is 2.93. The molecule has 0 amide bonds. The van der Waals surface area contributed by atoms with Gasteiger partial charge in [0.2, 0.25) is 10.0 Å². The number of hydrogen-bond donors (Lipinski definition) is 2. The van der Waals surface area contributed by atoms with E-state index in [4.69, 9.17) is 5.14 Å². The van der Waals surface area contributed by atoms with Gasteiger partial charge in [-0.2, -0.15) is 0 Å². The van der Waals surface area contributed by atoms with E-state index in [-0.39, 0.29) is 11.2 Å². The van der Waals surface area contributed by atoms with E-state index in [1.54, 1.807) is 0 Å². The molecule has 1 fully saturated rings. The first-order valence-corrected chi connectivity index (χ1v) is 6.39. The Labute approximate surface area is 79.9 Å². The molecule has 0 bridgehead atoms. The Morgan fingerprint density at radius 1 is 1.46 bits per heavy atom. The van der Waals surface area contributed by atoms with Crippen LogP contribution >= 0.6 is 0 Å². The standard InChI is InChI=1S/C8H18N2O2S/c1-2-8(13(9,11)12)7-3-5-10-6-4-7/h7-8,10H,2-6H2,1H3,(H2,9,11,12). The van der Waals surface area contributed by atoms with Crippen molar-refractivity contribution in [2.45, 2.75) is 31.4 Å². The van der Waals surface area contributed by atoms with E-state index in [9.17, 15) is 8.42 Å². The van der Waals surface area contributed by atoms with Crippen molar-refractivity contribution in [3.63, 3.8) is 0 Å². The molecule has 1 unspecified atom stereocenters. The minimum absolute atomic E-state index is 0.251.